The summed E-state index contributed by atoms with van der Waals surface area (Å²) >= 11 is 1.26. The van der Waals surface area contributed by atoms with Crippen molar-refractivity contribution >= 4 is 39.8 Å². The van der Waals surface area contributed by atoms with Gasteiger partial charge in [-0.3, -0.25) is 19.7 Å². The van der Waals surface area contributed by atoms with Crippen LogP contribution in [0.5, 0.6) is 0 Å². The molecule has 0 unspecified atom stereocenters. The van der Waals surface area contributed by atoms with E-state index < -0.39 is 0 Å². The van der Waals surface area contributed by atoms with Gasteiger partial charge >= 0.3 is 0 Å². The molecule has 2 amide bonds. The van der Waals surface area contributed by atoms with Gasteiger partial charge in [0.25, 0.3) is 5.91 Å². The molecule has 3 rings (SSSR count). The Morgan fingerprint density at radius 1 is 0.963 bits per heavy atom. The van der Waals surface area contributed by atoms with Crippen LogP contribution in [0.3, 0.4) is 0 Å². The molecule has 0 aliphatic carbocycles. The van der Waals surface area contributed by atoms with Crippen molar-refractivity contribution in [2.45, 2.75) is 13.3 Å². The van der Waals surface area contributed by atoms with Crippen LogP contribution >= 0.6 is 11.3 Å². The summed E-state index contributed by atoms with van der Waals surface area (Å²) in [6, 6.07) is 15.6. The third-order valence-electron chi connectivity index (χ3n) is 3.70. The van der Waals surface area contributed by atoms with E-state index in [0.29, 0.717) is 27.6 Å². The Morgan fingerprint density at radius 2 is 1.70 bits per heavy atom. The second-order valence-electron chi connectivity index (χ2n) is 5.83. The molecule has 0 fully saturated rings. The van der Waals surface area contributed by atoms with Gasteiger partial charge in [-0.1, -0.05) is 30.3 Å². The van der Waals surface area contributed by atoms with Crippen LogP contribution in [0.25, 0.3) is 0 Å². The molecule has 0 spiro atoms. The van der Waals surface area contributed by atoms with Crippen LogP contribution in [0, 0.1) is 0 Å². The lowest BCUT2D eigenvalue weighted by molar-refractivity contribution is -0.115. The number of ketones is 1. The van der Waals surface area contributed by atoms with Crippen LogP contribution in [-0.2, 0) is 11.2 Å². The molecule has 6 nitrogen and oxygen atoms in total. The number of anilines is 2. The lowest BCUT2D eigenvalue weighted by atomic mass is 10.1. The molecule has 3 aromatic rings. The molecule has 1 aromatic heterocycles. The van der Waals surface area contributed by atoms with Crippen molar-refractivity contribution in [3.05, 3.63) is 76.8 Å². The quantitative estimate of drug-likeness (QED) is 0.638. The molecule has 2 aromatic carbocycles. The van der Waals surface area contributed by atoms with Crippen LogP contribution in [-0.4, -0.2) is 22.6 Å². The van der Waals surface area contributed by atoms with Crippen LogP contribution in [0.15, 0.2) is 60.0 Å². The van der Waals surface area contributed by atoms with Gasteiger partial charge in [0.2, 0.25) is 5.91 Å². The Bertz CT molecular complexity index is 983. The number of thiazole rings is 1. The van der Waals surface area contributed by atoms with Crippen LogP contribution in [0.4, 0.5) is 10.8 Å². The van der Waals surface area contributed by atoms with Gasteiger partial charge < -0.3 is 5.32 Å². The number of hydrogen-bond acceptors (Lipinski definition) is 5. The summed E-state index contributed by atoms with van der Waals surface area (Å²) in [7, 11) is 0. The SMILES string of the molecule is CC(=O)c1cccc(NC(=O)Cc2csc(NC(=O)c3ccccc3)n2)c1. The van der Waals surface area contributed by atoms with Crippen LogP contribution < -0.4 is 10.6 Å². The van der Waals surface area contributed by atoms with Crippen molar-refractivity contribution in [2.24, 2.45) is 0 Å². The second kappa shape index (κ2) is 8.37. The molecule has 0 atom stereocenters. The van der Waals surface area contributed by atoms with Crippen molar-refractivity contribution < 1.29 is 14.4 Å². The van der Waals surface area contributed by atoms with E-state index in [1.54, 1.807) is 53.9 Å². The van der Waals surface area contributed by atoms with Gasteiger partial charge in [0.15, 0.2) is 10.9 Å². The number of benzene rings is 2. The maximum Gasteiger partial charge on any atom is 0.257 e. The van der Waals surface area contributed by atoms with Gasteiger partial charge in [0.05, 0.1) is 12.1 Å². The normalized spacial score (nSPS) is 10.3. The van der Waals surface area contributed by atoms with Gasteiger partial charge in [-0.15, -0.1) is 11.3 Å². The predicted octanol–water partition coefficient (Wildman–Crippen LogP) is 3.78. The minimum atomic E-state index is -0.248. The first-order valence-corrected chi connectivity index (χ1v) is 9.11. The number of rotatable bonds is 6. The molecule has 0 aliphatic rings. The first-order chi connectivity index (χ1) is 13.0. The van der Waals surface area contributed by atoms with E-state index in [2.05, 4.69) is 15.6 Å². The van der Waals surface area contributed by atoms with Gasteiger partial charge in [-0.2, -0.15) is 0 Å². The predicted molar refractivity (Wildman–Crippen MR) is 105 cm³/mol. The Morgan fingerprint density at radius 3 is 2.44 bits per heavy atom. The van der Waals surface area contributed by atoms with E-state index in [4.69, 9.17) is 0 Å². The lowest BCUT2D eigenvalue weighted by Crippen LogP contribution is -2.15. The van der Waals surface area contributed by atoms with Crippen molar-refractivity contribution in [1.29, 1.82) is 0 Å². The maximum atomic E-state index is 12.2. The largest absolute Gasteiger partial charge is 0.326 e. The monoisotopic (exact) mass is 379 g/mol. The fourth-order valence-corrected chi connectivity index (χ4v) is 3.10. The Balaban J connectivity index is 1.59. The number of hydrogen-bond donors (Lipinski definition) is 2. The molecular weight excluding hydrogens is 362 g/mol. The third kappa shape index (κ3) is 5.08. The number of carbonyl (C=O) groups is 3. The highest BCUT2D eigenvalue weighted by Gasteiger charge is 2.11. The van der Waals surface area contributed by atoms with Crippen LogP contribution in [0.2, 0.25) is 0 Å². The molecule has 0 aliphatic heterocycles. The zero-order valence-corrected chi connectivity index (χ0v) is 15.4. The molecule has 136 valence electrons. The smallest absolute Gasteiger partial charge is 0.257 e. The summed E-state index contributed by atoms with van der Waals surface area (Å²) in [5, 5.41) is 7.63. The minimum absolute atomic E-state index is 0.0654. The highest BCUT2D eigenvalue weighted by atomic mass is 32.1. The summed E-state index contributed by atoms with van der Waals surface area (Å²) in [5.41, 5.74) is 2.19. The summed E-state index contributed by atoms with van der Waals surface area (Å²) in [6.45, 7) is 1.47. The molecule has 0 radical (unpaired) electrons. The summed E-state index contributed by atoms with van der Waals surface area (Å²) in [5.74, 6) is -0.562. The third-order valence-corrected chi connectivity index (χ3v) is 4.51. The van der Waals surface area contributed by atoms with Crippen LogP contribution in [0.1, 0.15) is 33.3 Å². The minimum Gasteiger partial charge on any atom is -0.326 e. The highest BCUT2D eigenvalue weighted by molar-refractivity contribution is 7.14. The van der Waals surface area contributed by atoms with Crippen molar-refractivity contribution in [2.75, 3.05) is 10.6 Å². The average Bonchev–Trinajstić information content (AvgIpc) is 3.09. The maximum absolute atomic E-state index is 12.2. The number of amides is 2. The van der Waals surface area contributed by atoms with Crippen molar-refractivity contribution in [1.82, 2.24) is 4.98 Å². The number of nitrogens with zero attached hydrogens (tertiary/aromatic N) is 1. The van der Waals surface area contributed by atoms with Gasteiger partial charge in [0.1, 0.15) is 0 Å². The number of carbonyl (C=O) groups excluding carboxylic acids is 3. The molecule has 2 N–H and O–H groups in total. The number of nitrogens with one attached hydrogen (secondary N) is 2. The molecule has 1 heterocycles. The van der Waals surface area contributed by atoms with E-state index in [9.17, 15) is 14.4 Å². The topological polar surface area (TPSA) is 88.2 Å². The van der Waals surface area contributed by atoms with Gasteiger partial charge in [-0.05, 0) is 31.2 Å². The summed E-state index contributed by atoms with van der Waals surface area (Å²) in [4.78, 5) is 40.0. The fourth-order valence-electron chi connectivity index (χ4n) is 2.39. The highest BCUT2D eigenvalue weighted by Crippen LogP contribution is 2.18. The first kappa shape index (κ1) is 18.5. The summed E-state index contributed by atoms with van der Waals surface area (Å²) < 4.78 is 0. The Labute approximate surface area is 160 Å². The summed E-state index contributed by atoms with van der Waals surface area (Å²) in [6.07, 6.45) is 0.0714. The van der Waals surface area contributed by atoms with E-state index in [1.165, 1.54) is 18.3 Å². The molecule has 0 saturated heterocycles. The number of Topliss-reactive ketones (excluding diaryl/α,β-unsaturated/α-hetero) is 1. The second-order valence-corrected chi connectivity index (χ2v) is 6.68. The average molecular weight is 379 g/mol. The Hall–Kier alpha value is -3.32. The first-order valence-electron chi connectivity index (χ1n) is 8.23. The lowest BCUT2D eigenvalue weighted by Gasteiger charge is -2.05. The molecule has 0 bridgehead atoms. The molecule has 27 heavy (non-hydrogen) atoms. The number of aromatic nitrogens is 1. The van der Waals surface area contributed by atoms with E-state index >= 15 is 0 Å². The van der Waals surface area contributed by atoms with Crippen molar-refractivity contribution in [3.8, 4) is 0 Å². The van der Waals surface area contributed by atoms with Crippen molar-refractivity contribution in [3.63, 3.8) is 0 Å². The molecule has 7 heteroatoms. The fraction of sp³-hybridized carbons (Fsp3) is 0.100. The zero-order valence-electron chi connectivity index (χ0n) is 14.6. The zero-order chi connectivity index (χ0) is 19.2. The molecule has 0 saturated carbocycles. The molecular formula is C20H17N3O3S. The van der Waals surface area contributed by atoms with E-state index in [0.717, 1.165) is 0 Å². The van der Waals surface area contributed by atoms with E-state index in [-0.39, 0.29) is 24.0 Å². The van der Waals surface area contributed by atoms with Gasteiger partial charge in [0, 0.05) is 22.2 Å². The Kier molecular flexibility index (Phi) is 5.73. The van der Waals surface area contributed by atoms with Gasteiger partial charge in [-0.25, -0.2) is 4.98 Å². The standard InChI is InChI=1S/C20H17N3O3S/c1-13(24)15-8-5-9-16(10-15)21-18(25)11-17-12-27-20(22-17)23-19(26)14-6-3-2-4-7-14/h2-10,12H,11H2,1H3,(H,21,25)(H,22,23,26). The van der Waals surface area contributed by atoms with E-state index in [1.807, 2.05) is 6.07 Å².